The van der Waals surface area contributed by atoms with Crippen LogP contribution in [0.4, 0.5) is 18.9 Å². The van der Waals surface area contributed by atoms with E-state index in [2.05, 4.69) is 29.6 Å². The molecule has 0 aliphatic carbocycles. The third-order valence-corrected chi connectivity index (χ3v) is 5.82. The molecule has 1 aromatic heterocycles. The molecule has 3 aromatic rings. The van der Waals surface area contributed by atoms with Gasteiger partial charge in [-0.25, -0.2) is 0 Å². The Kier molecular flexibility index (Phi) is 6.81. The van der Waals surface area contributed by atoms with Crippen molar-refractivity contribution >= 4 is 47.0 Å². The van der Waals surface area contributed by atoms with Gasteiger partial charge >= 0.3 is 6.18 Å². The van der Waals surface area contributed by atoms with Gasteiger partial charge in [0.2, 0.25) is 0 Å². The van der Waals surface area contributed by atoms with Crippen molar-refractivity contribution in [3.05, 3.63) is 70.1 Å². The van der Waals surface area contributed by atoms with Gasteiger partial charge in [0.15, 0.2) is 0 Å². The summed E-state index contributed by atoms with van der Waals surface area (Å²) >= 11 is 11.4. The molecular weight excluding hydrogens is 449 g/mol. The van der Waals surface area contributed by atoms with Crippen LogP contribution in [0.2, 0.25) is 5.02 Å². The standard InChI is InChI=1S/C22H16ClF3N2S2/c1-14(27-28(2)19-6-4-3-5-18(19)23)7-9-16-10-12-21(30-16)15-8-11-20(29)17(13-15)22(24,25)26/h3-6,8,10-13,29H,1-2H3/b27-14-. The quantitative estimate of drug-likeness (QED) is 0.187. The number of alkyl halides is 3. The van der Waals surface area contributed by atoms with E-state index in [1.165, 1.54) is 17.4 Å². The van der Waals surface area contributed by atoms with Gasteiger partial charge in [0.25, 0.3) is 0 Å². The minimum Gasteiger partial charge on any atom is -0.266 e. The molecule has 0 spiro atoms. The molecule has 0 aliphatic heterocycles. The molecule has 0 aliphatic rings. The first kappa shape index (κ1) is 22.3. The fourth-order valence-electron chi connectivity index (χ4n) is 2.65. The van der Waals surface area contributed by atoms with Crippen LogP contribution in [0.5, 0.6) is 0 Å². The van der Waals surface area contributed by atoms with E-state index in [0.29, 0.717) is 21.2 Å². The highest BCUT2D eigenvalue weighted by Gasteiger charge is 2.33. The first-order valence-corrected chi connectivity index (χ1v) is 10.3. The van der Waals surface area contributed by atoms with Crippen LogP contribution in [0.3, 0.4) is 0 Å². The molecule has 1 heterocycles. The van der Waals surface area contributed by atoms with Gasteiger partial charge in [-0.3, -0.25) is 5.01 Å². The third kappa shape index (κ3) is 5.39. The summed E-state index contributed by atoms with van der Waals surface area (Å²) < 4.78 is 39.4. The molecule has 0 bridgehead atoms. The van der Waals surface area contributed by atoms with Crippen LogP contribution in [-0.4, -0.2) is 12.8 Å². The summed E-state index contributed by atoms with van der Waals surface area (Å²) in [5, 5.41) is 6.62. The summed E-state index contributed by atoms with van der Waals surface area (Å²) in [4.78, 5) is 1.32. The number of benzene rings is 2. The summed E-state index contributed by atoms with van der Waals surface area (Å²) in [6.07, 6.45) is -4.45. The van der Waals surface area contributed by atoms with Crippen LogP contribution in [0, 0.1) is 11.8 Å². The normalized spacial score (nSPS) is 11.8. The Labute approximate surface area is 187 Å². The minimum atomic E-state index is -4.45. The zero-order valence-electron chi connectivity index (χ0n) is 16.0. The molecule has 0 fully saturated rings. The number of hydrogen-bond acceptors (Lipinski definition) is 4. The minimum absolute atomic E-state index is 0.0997. The number of para-hydroxylation sites is 1. The van der Waals surface area contributed by atoms with Crippen LogP contribution >= 0.6 is 35.6 Å². The molecule has 8 heteroatoms. The van der Waals surface area contributed by atoms with Crippen LogP contribution in [-0.2, 0) is 6.18 Å². The fourth-order valence-corrected chi connectivity index (χ4v) is 4.03. The third-order valence-electron chi connectivity index (χ3n) is 4.06. The van der Waals surface area contributed by atoms with E-state index in [4.69, 9.17) is 11.6 Å². The highest BCUT2D eigenvalue weighted by atomic mass is 35.5. The van der Waals surface area contributed by atoms with E-state index in [-0.39, 0.29) is 4.90 Å². The number of thiophene rings is 1. The fraction of sp³-hybridized carbons (Fsp3) is 0.136. The number of rotatable bonds is 3. The van der Waals surface area contributed by atoms with E-state index >= 15 is 0 Å². The van der Waals surface area contributed by atoms with Gasteiger partial charge in [0.05, 0.1) is 21.2 Å². The molecule has 0 unspecified atom stereocenters. The van der Waals surface area contributed by atoms with Crippen molar-refractivity contribution in [2.75, 3.05) is 12.1 Å². The van der Waals surface area contributed by atoms with Gasteiger partial charge in [-0.2, -0.15) is 18.3 Å². The Morgan fingerprint density at radius 2 is 1.87 bits per heavy atom. The number of anilines is 1. The number of hydrazone groups is 1. The lowest BCUT2D eigenvalue weighted by molar-refractivity contribution is -0.139. The Bertz CT molecular complexity index is 1160. The maximum atomic E-state index is 13.1. The van der Waals surface area contributed by atoms with Gasteiger partial charge in [-0.05, 0) is 60.7 Å². The lowest BCUT2D eigenvalue weighted by Crippen LogP contribution is -2.11. The first-order chi connectivity index (χ1) is 14.1. The smallest absolute Gasteiger partial charge is 0.266 e. The lowest BCUT2D eigenvalue weighted by Gasteiger charge is -2.14. The van der Waals surface area contributed by atoms with Crippen LogP contribution < -0.4 is 5.01 Å². The molecule has 0 radical (unpaired) electrons. The van der Waals surface area contributed by atoms with Crippen molar-refractivity contribution < 1.29 is 13.2 Å². The maximum Gasteiger partial charge on any atom is 0.417 e. The zero-order valence-corrected chi connectivity index (χ0v) is 18.4. The second kappa shape index (κ2) is 9.17. The Hall–Kier alpha value is -2.40. The SMILES string of the molecule is C/C(C#Cc1ccc(-c2ccc(S)c(C(F)(F)F)c2)s1)=N/N(C)c1ccccc1Cl. The van der Waals surface area contributed by atoms with Crippen molar-refractivity contribution in [2.24, 2.45) is 5.10 Å². The predicted molar refractivity (Wildman–Crippen MR) is 122 cm³/mol. The van der Waals surface area contributed by atoms with Crippen molar-refractivity contribution in [3.8, 4) is 22.3 Å². The number of nitrogens with zero attached hydrogens (tertiary/aromatic N) is 2. The largest absolute Gasteiger partial charge is 0.417 e. The van der Waals surface area contributed by atoms with E-state index in [1.54, 1.807) is 43.2 Å². The van der Waals surface area contributed by atoms with Gasteiger partial charge in [0.1, 0.15) is 5.71 Å². The average molecular weight is 465 g/mol. The zero-order chi connectivity index (χ0) is 21.9. The molecule has 30 heavy (non-hydrogen) atoms. The van der Waals surface area contributed by atoms with Crippen molar-refractivity contribution in [1.82, 2.24) is 0 Å². The number of thiol groups is 1. The van der Waals surface area contributed by atoms with Crippen molar-refractivity contribution in [1.29, 1.82) is 0 Å². The van der Waals surface area contributed by atoms with Crippen LogP contribution in [0.15, 0.2) is 64.6 Å². The van der Waals surface area contributed by atoms with Crippen molar-refractivity contribution in [3.63, 3.8) is 0 Å². The van der Waals surface area contributed by atoms with E-state index in [0.717, 1.165) is 16.6 Å². The molecule has 0 atom stereocenters. The molecule has 0 N–H and O–H groups in total. The van der Waals surface area contributed by atoms with Crippen LogP contribution in [0.1, 0.15) is 17.4 Å². The van der Waals surface area contributed by atoms with E-state index in [9.17, 15) is 13.2 Å². The van der Waals surface area contributed by atoms with Gasteiger partial charge in [0, 0.05) is 16.8 Å². The van der Waals surface area contributed by atoms with Crippen molar-refractivity contribution in [2.45, 2.75) is 18.0 Å². The number of halogens is 4. The molecule has 0 amide bonds. The monoisotopic (exact) mass is 464 g/mol. The number of hydrogen-bond donors (Lipinski definition) is 1. The summed E-state index contributed by atoms with van der Waals surface area (Å²) in [6, 6.07) is 14.9. The summed E-state index contributed by atoms with van der Waals surface area (Å²) in [6.45, 7) is 1.77. The molecule has 2 aromatic carbocycles. The van der Waals surface area contributed by atoms with E-state index in [1.807, 2.05) is 18.2 Å². The molecule has 2 nitrogen and oxygen atoms in total. The second-order valence-corrected chi connectivity index (χ2v) is 8.28. The Morgan fingerprint density at radius 3 is 2.57 bits per heavy atom. The Balaban J connectivity index is 1.80. The average Bonchev–Trinajstić information content (AvgIpc) is 3.15. The van der Waals surface area contributed by atoms with Gasteiger partial charge < -0.3 is 0 Å². The molecule has 0 saturated heterocycles. The van der Waals surface area contributed by atoms with Gasteiger partial charge in [-0.15, -0.1) is 24.0 Å². The summed E-state index contributed by atoms with van der Waals surface area (Å²) in [5.74, 6) is 5.97. The van der Waals surface area contributed by atoms with E-state index < -0.39 is 11.7 Å². The lowest BCUT2D eigenvalue weighted by atomic mass is 10.1. The second-order valence-electron chi connectivity index (χ2n) is 6.30. The molecule has 0 saturated carbocycles. The Morgan fingerprint density at radius 1 is 1.13 bits per heavy atom. The summed E-state index contributed by atoms with van der Waals surface area (Å²) in [5.41, 5.74) is 1.05. The van der Waals surface area contributed by atoms with Crippen LogP contribution in [0.25, 0.3) is 10.4 Å². The molecule has 154 valence electrons. The highest BCUT2D eigenvalue weighted by Crippen LogP contribution is 2.37. The molecular formula is C22H16ClF3N2S2. The van der Waals surface area contributed by atoms with Gasteiger partial charge in [-0.1, -0.05) is 29.8 Å². The summed E-state index contributed by atoms with van der Waals surface area (Å²) in [7, 11) is 1.78. The highest BCUT2D eigenvalue weighted by molar-refractivity contribution is 7.80. The first-order valence-electron chi connectivity index (χ1n) is 8.71. The maximum absolute atomic E-state index is 13.1. The topological polar surface area (TPSA) is 15.6 Å². The molecule has 3 rings (SSSR count). The predicted octanol–water partition coefficient (Wildman–Crippen LogP) is 7.24.